The third kappa shape index (κ3) is 3.84. The molecular weight excluding hydrogens is 416 g/mol. The lowest BCUT2D eigenvalue weighted by Crippen LogP contribution is -2.21. The van der Waals surface area contributed by atoms with Crippen LogP contribution in [0.1, 0.15) is 15.9 Å². The Labute approximate surface area is 183 Å². The first-order chi connectivity index (χ1) is 15.4. The predicted molar refractivity (Wildman–Crippen MR) is 117 cm³/mol. The number of carbonyl (C=O) groups is 1. The van der Waals surface area contributed by atoms with Crippen molar-refractivity contribution in [2.75, 3.05) is 26.5 Å². The minimum atomic E-state index is -0.542. The van der Waals surface area contributed by atoms with E-state index in [2.05, 4.69) is 15.5 Å². The molecule has 0 aliphatic carbocycles. The van der Waals surface area contributed by atoms with Crippen molar-refractivity contribution in [1.82, 2.24) is 19.5 Å². The van der Waals surface area contributed by atoms with E-state index >= 15 is 0 Å². The smallest absolute Gasteiger partial charge is 0.253 e. The van der Waals surface area contributed by atoms with Crippen molar-refractivity contribution in [3.8, 4) is 16.9 Å². The molecule has 1 N–H and O–H groups in total. The van der Waals surface area contributed by atoms with Gasteiger partial charge in [-0.15, -0.1) is 10.2 Å². The maximum atomic E-state index is 14.9. The number of methoxy groups -OCH3 is 1. The highest BCUT2D eigenvalue weighted by atomic mass is 19.1. The van der Waals surface area contributed by atoms with Gasteiger partial charge in [0, 0.05) is 42.9 Å². The fourth-order valence-electron chi connectivity index (χ4n) is 3.47. The molecule has 0 saturated carbocycles. The molecule has 0 fully saturated rings. The summed E-state index contributed by atoms with van der Waals surface area (Å²) < 4.78 is 36.0. The lowest BCUT2D eigenvalue weighted by atomic mass is 10.0. The van der Waals surface area contributed by atoms with E-state index in [0.29, 0.717) is 33.9 Å². The molecule has 0 saturated heterocycles. The first-order valence-electron chi connectivity index (χ1n) is 9.80. The molecule has 0 spiro atoms. The Hall–Kier alpha value is -4.01. The van der Waals surface area contributed by atoms with Gasteiger partial charge in [-0.05, 0) is 36.4 Å². The number of pyridine rings is 1. The largest absolute Gasteiger partial charge is 0.496 e. The average molecular weight is 437 g/mol. The van der Waals surface area contributed by atoms with Crippen LogP contribution in [0.3, 0.4) is 0 Å². The molecule has 0 aliphatic heterocycles. The highest BCUT2D eigenvalue weighted by Gasteiger charge is 2.17. The molecule has 7 nitrogen and oxygen atoms in total. The number of carbonyl (C=O) groups excluding carboxylic acids is 1. The highest BCUT2D eigenvalue weighted by Crippen LogP contribution is 2.30. The number of anilines is 1. The lowest BCUT2D eigenvalue weighted by molar-refractivity contribution is 0.0827. The van der Waals surface area contributed by atoms with E-state index in [1.54, 1.807) is 54.9 Å². The normalized spacial score (nSPS) is 10.9. The Morgan fingerprint density at radius 2 is 1.88 bits per heavy atom. The fraction of sp³-hybridized carbons (Fsp3) is 0.174. The second-order valence-corrected chi connectivity index (χ2v) is 7.33. The fourth-order valence-corrected chi connectivity index (χ4v) is 3.47. The van der Waals surface area contributed by atoms with E-state index < -0.39 is 5.82 Å². The summed E-state index contributed by atoms with van der Waals surface area (Å²) in [5.74, 6) is -0.184. The van der Waals surface area contributed by atoms with Gasteiger partial charge >= 0.3 is 0 Å². The second kappa shape index (κ2) is 8.62. The maximum Gasteiger partial charge on any atom is 0.253 e. The van der Waals surface area contributed by atoms with Crippen LogP contribution < -0.4 is 10.1 Å². The number of hydrogen-bond acceptors (Lipinski definition) is 5. The molecule has 0 atom stereocenters. The van der Waals surface area contributed by atoms with Crippen molar-refractivity contribution in [1.29, 1.82) is 0 Å². The molecule has 4 aromatic rings. The summed E-state index contributed by atoms with van der Waals surface area (Å²) in [6.45, 7) is 0.165. The molecule has 2 heterocycles. The number of fused-ring (bicyclic) bond motifs is 1. The average Bonchev–Trinajstić information content (AvgIpc) is 3.28. The van der Waals surface area contributed by atoms with E-state index in [1.165, 1.54) is 30.5 Å². The molecule has 0 unspecified atom stereocenters. The summed E-state index contributed by atoms with van der Waals surface area (Å²) in [5, 5.41) is 11.2. The zero-order valence-electron chi connectivity index (χ0n) is 17.8. The van der Waals surface area contributed by atoms with Crippen molar-refractivity contribution in [3.05, 3.63) is 77.6 Å². The molecule has 4 rings (SSSR count). The molecule has 9 heteroatoms. The Morgan fingerprint density at radius 1 is 1.09 bits per heavy atom. The molecular formula is C23H21F2N5O2. The molecule has 1 amide bonds. The van der Waals surface area contributed by atoms with Gasteiger partial charge in [0.15, 0.2) is 5.65 Å². The van der Waals surface area contributed by atoms with Gasteiger partial charge in [-0.25, -0.2) is 8.78 Å². The van der Waals surface area contributed by atoms with Gasteiger partial charge in [0.25, 0.3) is 5.91 Å². The van der Waals surface area contributed by atoms with Crippen LogP contribution in [0.5, 0.6) is 5.75 Å². The molecule has 164 valence electrons. The number of benzene rings is 2. The Morgan fingerprint density at radius 3 is 2.59 bits per heavy atom. The number of hydrogen-bond donors (Lipinski definition) is 1. The summed E-state index contributed by atoms with van der Waals surface area (Å²) in [4.78, 5) is 13.5. The first-order valence-corrected chi connectivity index (χ1v) is 9.80. The number of nitrogens with one attached hydrogen (secondary N) is 1. The van der Waals surface area contributed by atoms with Gasteiger partial charge < -0.3 is 15.0 Å². The van der Waals surface area contributed by atoms with E-state index in [-0.39, 0.29) is 23.8 Å². The van der Waals surface area contributed by atoms with Gasteiger partial charge in [-0.2, -0.15) is 0 Å². The van der Waals surface area contributed by atoms with Gasteiger partial charge in [0.05, 0.1) is 7.11 Å². The minimum Gasteiger partial charge on any atom is -0.496 e. The Bertz CT molecular complexity index is 1300. The number of amides is 1. The zero-order valence-corrected chi connectivity index (χ0v) is 17.8. The van der Waals surface area contributed by atoms with Crippen LogP contribution in [0.15, 0.2) is 54.9 Å². The molecule has 2 aromatic carbocycles. The third-order valence-electron chi connectivity index (χ3n) is 5.11. The monoisotopic (exact) mass is 437 g/mol. The van der Waals surface area contributed by atoms with Gasteiger partial charge in [0.1, 0.15) is 29.5 Å². The zero-order chi connectivity index (χ0) is 22.8. The Balaban J connectivity index is 1.67. The van der Waals surface area contributed by atoms with Crippen molar-refractivity contribution >= 4 is 17.4 Å². The summed E-state index contributed by atoms with van der Waals surface area (Å²) in [5.41, 5.74) is 1.86. The van der Waals surface area contributed by atoms with E-state index in [9.17, 15) is 13.6 Å². The van der Waals surface area contributed by atoms with Crippen LogP contribution in [0.4, 0.5) is 14.6 Å². The molecule has 0 bridgehead atoms. The lowest BCUT2D eigenvalue weighted by Gasteiger charge is -2.14. The van der Waals surface area contributed by atoms with Crippen LogP contribution in [0, 0.1) is 11.6 Å². The standard InChI is InChI=1S/C23H21F2N5O2/c1-29(2)23(31)14-7-8-15(19(25)11-14)16-9-10-21(30-13-27-28-22(16)30)26-12-17-18(24)5-4-6-20(17)32-3/h4-11,13,26H,12H2,1-3H3. The van der Waals surface area contributed by atoms with Crippen LogP contribution in [0.2, 0.25) is 0 Å². The molecule has 0 radical (unpaired) electrons. The molecule has 32 heavy (non-hydrogen) atoms. The van der Waals surface area contributed by atoms with E-state index in [1.807, 2.05) is 0 Å². The van der Waals surface area contributed by atoms with Crippen LogP contribution in [-0.2, 0) is 6.54 Å². The van der Waals surface area contributed by atoms with Gasteiger partial charge in [0.2, 0.25) is 0 Å². The van der Waals surface area contributed by atoms with Crippen molar-refractivity contribution < 1.29 is 18.3 Å². The predicted octanol–water partition coefficient (Wildman–Crippen LogP) is 4.00. The molecule has 0 aliphatic rings. The number of nitrogens with zero attached hydrogens (tertiary/aromatic N) is 4. The van der Waals surface area contributed by atoms with E-state index in [0.717, 1.165) is 0 Å². The SMILES string of the molecule is COc1cccc(F)c1CNc1ccc(-c2ccc(C(=O)N(C)C)cc2F)c2nncn12. The second-order valence-electron chi connectivity index (χ2n) is 7.33. The summed E-state index contributed by atoms with van der Waals surface area (Å²) >= 11 is 0. The Kier molecular flexibility index (Phi) is 5.72. The number of ether oxygens (including phenoxy) is 1. The van der Waals surface area contributed by atoms with Crippen LogP contribution in [-0.4, -0.2) is 46.6 Å². The summed E-state index contributed by atoms with van der Waals surface area (Å²) in [6.07, 6.45) is 1.49. The minimum absolute atomic E-state index is 0.165. The topological polar surface area (TPSA) is 71.8 Å². The number of aromatic nitrogens is 3. The van der Waals surface area contributed by atoms with Gasteiger partial charge in [-0.3, -0.25) is 9.20 Å². The maximum absolute atomic E-state index is 14.9. The van der Waals surface area contributed by atoms with Crippen LogP contribution >= 0.6 is 0 Å². The number of rotatable bonds is 6. The third-order valence-corrected chi connectivity index (χ3v) is 5.11. The van der Waals surface area contributed by atoms with Crippen molar-refractivity contribution in [3.63, 3.8) is 0 Å². The van der Waals surface area contributed by atoms with Crippen LogP contribution in [0.25, 0.3) is 16.8 Å². The number of halogens is 2. The highest BCUT2D eigenvalue weighted by molar-refractivity contribution is 5.94. The summed E-state index contributed by atoms with van der Waals surface area (Å²) in [7, 11) is 4.70. The van der Waals surface area contributed by atoms with Crippen molar-refractivity contribution in [2.45, 2.75) is 6.54 Å². The van der Waals surface area contributed by atoms with Gasteiger partial charge in [-0.1, -0.05) is 12.1 Å². The first kappa shape index (κ1) is 21.2. The summed E-state index contributed by atoms with van der Waals surface area (Å²) in [6, 6.07) is 12.4. The van der Waals surface area contributed by atoms with E-state index in [4.69, 9.17) is 4.74 Å². The van der Waals surface area contributed by atoms with Crippen molar-refractivity contribution in [2.24, 2.45) is 0 Å². The molecule has 2 aromatic heterocycles. The quantitative estimate of drug-likeness (QED) is 0.494.